The largest absolute Gasteiger partial charge is 0.318 e. The van der Waals surface area contributed by atoms with Crippen LogP contribution in [0.1, 0.15) is 12.8 Å². The number of piperidine rings is 3. The van der Waals surface area contributed by atoms with E-state index in [4.69, 9.17) is 10.7 Å². The van der Waals surface area contributed by atoms with Crippen LogP contribution in [0.15, 0.2) is 24.3 Å². The van der Waals surface area contributed by atoms with Crippen LogP contribution in [0.5, 0.6) is 0 Å². The molecule has 4 aliphatic rings. The number of hydrogen-bond acceptors (Lipinski definition) is 6. The molecule has 1 aromatic heterocycles. The molecule has 5 nitrogen and oxygen atoms in total. The number of para-hydroxylation sites is 1. The number of rotatable bonds is 1. The highest BCUT2D eigenvalue weighted by Gasteiger charge is 2.56. The minimum absolute atomic E-state index is 0.0730. The first-order valence-electron chi connectivity index (χ1n) is 8.50. The van der Waals surface area contributed by atoms with Crippen molar-refractivity contribution in [1.82, 2.24) is 14.8 Å². The maximum atomic E-state index is 6.61. The van der Waals surface area contributed by atoms with Crippen molar-refractivity contribution in [3.05, 3.63) is 24.3 Å². The Labute approximate surface area is 140 Å². The molecule has 2 aromatic rings. The second-order valence-electron chi connectivity index (χ2n) is 7.27. The monoisotopic (exact) mass is 329 g/mol. The van der Waals surface area contributed by atoms with E-state index in [1.807, 2.05) is 0 Å². The molecule has 2 atom stereocenters. The molecule has 2 bridgehead atoms. The molecule has 0 aliphatic carbocycles. The molecule has 1 spiro atoms. The lowest BCUT2D eigenvalue weighted by molar-refractivity contribution is -0.0432. The molecule has 0 radical (unpaired) electrons. The van der Waals surface area contributed by atoms with Gasteiger partial charge in [0.2, 0.25) is 0 Å². The number of thiazole rings is 1. The van der Waals surface area contributed by atoms with E-state index in [-0.39, 0.29) is 11.8 Å². The van der Waals surface area contributed by atoms with Crippen LogP contribution < -0.4 is 10.6 Å². The predicted molar refractivity (Wildman–Crippen MR) is 94.6 cm³/mol. The Bertz CT molecular complexity index is 704. The van der Waals surface area contributed by atoms with Crippen LogP contribution in [0.25, 0.3) is 10.2 Å². The summed E-state index contributed by atoms with van der Waals surface area (Å²) < 4.78 is 1.24. The standard InChI is InChI=1S/C17H23N5S/c1-20-15(18)22(16-19-13-4-2-3-5-14(13)23-16)11-17(20)10-21-8-6-12(17)7-9-21/h2-5,12,15H,6-11,18H2,1H3. The van der Waals surface area contributed by atoms with E-state index in [2.05, 4.69) is 46.0 Å². The molecule has 0 saturated carbocycles. The first kappa shape index (κ1) is 14.2. The highest BCUT2D eigenvalue weighted by Crippen LogP contribution is 2.45. The normalized spacial score (nSPS) is 37.3. The summed E-state index contributed by atoms with van der Waals surface area (Å²) in [4.78, 5) is 12.2. The number of aromatic nitrogens is 1. The molecule has 122 valence electrons. The molecule has 0 amide bonds. The summed E-state index contributed by atoms with van der Waals surface area (Å²) in [5.41, 5.74) is 7.90. The number of likely N-dealkylation sites (N-methyl/N-ethyl adjacent to an activating group) is 1. The molecule has 2 N–H and O–H groups in total. The van der Waals surface area contributed by atoms with E-state index in [0.717, 1.165) is 29.7 Å². The zero-order chi connectivity index (χ0) is 15.6. The van der Waals surface area contributed by atoms with Crippen LogP contribution in [-0.2, 0) is 0 Å². The molecule has 1 aromatic carbocycles. The molecular formula is C17H23N5S. The van der Waals surface area contributed by atoms with Crippen LogP contribution in [0.2, 0.25) is 0 Å². The van der Waals surface area contributed by atoms with Gasteiger partial charge in [-0.3, -0.25) is 10.6 Å². The molecule has 6 rings (SSSR count). The van der Waals surface area contributed by atoms with E-state index in [1.54, 1.807) is 11.3 Å². The topological polar surface area (TPSA) is 48.6 Å². The van der Waals surface area contributed by atoms with E-state index in [1.165, 1.54) is 30.6 Å². The van der Waals surface area contributed by atoms with Gasteiger partial charge in [0, 0.05) is 13.1 Å². The summed E-state index contributed by atoms with van der Waals surface area (Å²) in [7, 11) is 2.21. The SMILES string of the molecule is CN1C(N)N(c2nc3ccccc3s2)CC12CN1CCC2CC1. The fraction of sp³-hybridized carbons (Fsp3) is 0.588. The van der Waals surface area contributed by atoms with Crippen molar-refractivity contribution in [2.75, 3.05) is 38.1 Å². The fourth-order valence-corrected chi connectivity index (χ4v) is 5.85. The zero-order valence-electron chi connectivity index (χ0n) is 13.5. The fourth-order valence-electron chi connectivity index (χ4n) is 4.86. The predicted octanol–water partition coefficient (Wildman–Crippen LogP) is 1.75. The number of nitrogens with zero attached hydrogens (tertiary/aromatic N) is 4. The zero-order valence-corrected chi connectivity index (χ0v) is 14.3. The van der Waals surface area contributed by atoms with Crippen LogP contribution in [-0.4, -0.2) is 59.8 Å². The van der Waals surface area contributed by atoms with Crippen LogP contribution in [0.4, 0.5) is 5.13 Å². The Morgan fingerprint density at radius 2 is 2.00 bits per heavy atom. The van der Waals surface area contributed by atoms with E-state index in [0.29, 0.717) is 0 Å². The van der Waals surface area contributed by atoms with Crippen LogP contribution >= 0.6 is 11.3 Å². The maximum absolute atomic E-state index is 6.61. The molecular weight excluding hydrogens is 306 g/mol. The summed E-state index contributed by atoms with van der Waals surface area (Å²) in [6.07, 6.45) is 2.55. The van der Waals surface area contributed by atoms with Crippen molar-refractivity contribution in [3.8, 4) is 0 Å². The van der Waals surface area contributed by atoms with Crippen molar-refractivity contribution in [3.63, 3.8) is 0 Å². The van der Waals surface area contributed by atoms with E-state index in [9.17, 15) is 0 Å². The Hall–Kier alpha value is -1.21. The third-order valence-corrected chi connectivity index (χ3v) is 7.31. The molecule has 4 aliphatic heterocycles. The number of nitrogens with two attached hydrogens (primary N) is 1. The van der Waals surface area contributed by atoms with Crippen molar-refractivity contribution in [1.29, 1.82) is 0 Å². The average Bonchev–Trinajstić information content (AvgIpc) is 3.12. The van der Waals surface area contributed by atoms with Gasteiger partial charge in [-0.25, -0.2) is 4.98 Å². The van der Waals surface area contributed by atoms with Crippen LogP contribution in [0.3, 0.4) is 0 Å². The van der Waals surface area contributed by atoms with Gasteiger partial charge in [-0.2, -0.15) is 0 Å². The number of hydrogen-bond donors (Lipinski definition) is 1. The van der Waals surface area contributed by atoms with Gasteiger partial charge < -0.3 is 9.80 Å². The number of anilines is 1. The Kier molecular flexibility index (Phi) is 3.01. The average molecular weight is 329 g/mol. The van der Waals surface area contributed by atoms with Gasteiger partial charge in [0.15, 0.2) is 5.13 Å². The molecule has 5 heterocycles. The lowest BCUT2D eigenvalue weighted by Crippen LogP contribution is -2.66. The maximum Gasteiger partial charge on any atom is 0.188 e. The molecule has 23 heavy (non-hydrogen) atoms. The summed E-state index contributed by atoms with van der Waals surface area (Å²) in [5, 5.41) is 1.07. The number of benzene rings is 1. The summed E-state index contributed by atoms with van der Waals surface area (Å²) in [5.74, 6) is 0.767. The first-order valence-corrected chi connectivity index (χ1v) is 9.32. The van der Waals surface area contributed by atoms with Gasteiger partial charge in [-0.05, 0) is 51.0 Å². The summed E-state index contributed by atoms with van der Waals surface area (Å²) in [6.45, 7) is 4.68. The van der Waals surface area contributed by atoms with Crippen molar-refractivity contribution < 1.29 is 0 Å². The van der Waals surface area contributed by atoms with E-state index >= 15 is 0 Å². The lowest BCUT2D eigenvalue weighted by atomic mass is 9.72. The molecule has 2 unspecified atom stereocenters. The van der Waals surface area contributed by atoms with Gasteiger partial charge in [0.1, 0.15) is 6.29 Å². The van der Waals surface area contributed by atoms with Gasteiger partial charge >= 0.3 is 0 Å². The molecule has 6 heteroatoms. The minimum atomic E-state index is -0.0730. The summed E-state index contributed by atoms with van der Waals surface area (Å²) in [6, 6.07) is 8.36. The number of fused-ring (bicyclic) bond motifs is 3. The Morgan fingerprint density at radius 3 is 2.70 bits per heavy atom. The minimum Gasteiger partial charge on any atom is -0.318 e. The Balaban J connectivity index is 1.52. The second-order valence-corrected chi connectivity index (χ2v) is 8.28. The van der Waals surface area contributed by atoms with E-state index < -0.39 is 0 Å². The van der Waals surface area contributed by atoms with Crippen molar-refractivity contribution in [2.45, 2.75) is 24.7 Å². The van der Waals surface area contributed by atoms with Gasteiger partial charge in [0.05, 0.1) is 15.8 Å². The summed E-state index contributed by atoms with van der Waals surface area (Å²) >= 11 is 1.76. The highest BCUT2D eigenvalue weighted by molar-refractivity contribution is 7.22. The lowest BCUT2D eigenvalue weighted by Gasteiger charge is -2.54. The first-order chi connectivity index (χ1) is 11.2. The van der Waals surface area contributed by atoms with Gasteiger partial charge in [0.25, 0.3) is 0 Å². The third-order valence-electron chi connectivity index (χ3n) is 6.24. The van der Waals surface area contributed by atoms with Crippen molar-refractivity contribution in [2.24, 2.45) is 11.7 Å². The molecule has 4 saturated heterocycles. The highest BCUT2D eigenvalue weighted by atomic mass is 32.1. The quantitative estimate of drug-likeness (QED) is 0.864. The third kappa shape index (κ3) is 1.92. The van der Waals surface area contributed by atoms with Gasteiger partial charge in [-0.1, -0.05) is 23.5 Å². The van der Waals surface area contributed by atoms with Crippen molar-refractivity contribution >= 4 is 26.7 Å². The smallest absolute Gasteiger partial charge is 0.188 e. The second kappa shape index (κ2) is 4.89. The Morgan fingerprint density at radius 1 is 1.22 bits per heavy atom. The molecule has 4 fully saturated rings. The van der Waals surface area contributed by atoms with Gasteiger partial charge in [-0.15, -0.1) is 0 Å². The van der Waals surface area contributed by atoms with Crippen LogP contribution in [0, 0.1) is 5.92 Å².